The van der Waals surface area contributed by atoms with E-state index >= 15 is 0 Å². The first-order valence-corrected chi connectivity index (χ1v) is 8.70. The van der Waals surface area contributed by atoms with Crippen molar-refractivity contribution in [2.45, 2.75) is 25.5 Å². The van der Waals surface area contributed by atoms with Crippen LogP contribution >= 0.6 is 0 Å². The number of urea groups is 1. The average molecular weight is 350 g/mol. The minimum Gasteiger partial charge on any atom is -0.508 e. The topological polar surface area (TPSA) is 88.1 Å². The third kappa shape index (κ3) is 5.88. The van der Waals surface area contributed by atoms with Crippen LogP contribution in [0, 0.1) is 0 Å². The number of hydrogen-bond acceptors (Lipinski definition) is 5. The number of carbonyl (C=O) groups excluding carboxylic acids is 1. The van der Waals surface area contributed by atoms with Gasteiger partial charge in [-0.1, -0.05) is 12.1 Å². The molecule has 0 unspecified atom stereocenters. The number of rotatable bonds is 6. The highest BCUT2D eigenvalue weighted by molar-refractivity contribution is 5.73. The fourth-order valence-corrected chi connectivity index (χ4v) is 2.89. The van der Waals surface area contributed by atoms with E-state index in [1.54, 1.807) is 12.1 Å². The number of nitrogens with one attached hydrogen (secondary N) is 2. The van der Waals surface area contributed by atoms with Crippen LogP contribution in [0.1, 0.15) is 25.5 Å². The molecule has 1 heterocycles. The van der Waals surface area contributed by atoms with Crippen molar-refractivity contribution < 1.29 is 15.0 Å². The van der Waals surface area contributed by atoms with E-state index in [0.717, 1.165) is 26.2 Å². The minimum atomic E-state index is -0.808. The van der Waals surface area contributed by atoms with Crippen molar-refractivity contribution in [1.82, 2.24) is 20.4 Å². The summed E-state index contributed by atoms with van der Waals surface area (Å²) in [4.78, 5) is 16.7. The number of carbonyl (C=O) groups is 1. The maximum atomic E-state index is 12.0. The van der Waals surface area contributed by atoms with Crippen LogP contribution in [0.2, 0.25) is 0 Å². The molecule has 7 nitrogen and oxygen atoms in total. The number of benzene rings is 1. The first kappa shape index (κ1) is 19.5. The molecule has 1 atom stereocenters. The van der Waals surface area contributed by atoms with E-state index in [1.807, 2.05) is 0 Å². The van der Waals surface area contributed by atoms with Crippen LogP contribution in [0.15, 0.2) is 24.3 Å². The maximum absolute atomic E-state index is 12.0. The molecule has 1 aromatic rings. The molecule has 7 heteroatoms. The van der Waals surface area contributed by atoms with Gasteiger partial charge in [-0.15, -0.1) is 0 Å². The largest absolute Gasteiger partial charge is 0.508 e. The molecular formula is C18H30N4O3. The highest BCUT2D eigenvalue weighted by Gasteiger charge is 2.29. The number of phenols is 1. The van der Waals surface area contributed by atoms with Gasteiger partial charge in [0.15, 0.2) is 0 Å². The Hall–Kier alpha value is -1.83. The van der Waals surface area contributed by atoms with Gasteiger partial charge < -0.3 is 25.7 Å². The van der Waals surface area contributed by atoms with E-state index in [2.05, 4.69) is 41.3 Å². The normalized spacial score (nSPS) is 17.9. The van der Waals surface area contributed by atoms with E-state index in [0.29, 0.717) is 12.1 Å². The van der Waals surface area contributed by atoms with Gasteiger partial charge in [0.05, 0.1) is 6.10 Å². The first-order valence-electron chi connectivity index (χ1n) is 8.70. The molecular weight excluding hydrogens is 320 g/mol. The van der Waals surface area contributed by atoms with Gasteiger partial charge in [-0.2, -0.15) is 0 Å². The predicted octanol–water partition coefficient (Wildman–Crippen LogP) is 0.751. The molecule has 1 fully saturated rings. The maximum Gasteiger partial charge on any atom is 0.314 e. The van der Waals surface area contributed by atoms with Crippen molar-refractivity contribution in [3.8, 4) is 5.75 Å². The monoisotopic (exact) mass is 350 g/mol. The standard InChI is InChI=1S/C18H30N4O3/c1-18(2,22-10-8-21(3)9-11-22)13-20-17(25)19-12-16(24)14-4-6-15(23)7-5-14/h4-7,16,23-24H,8-13H2,1-3H3,(H2,19,20,25)/t16-/m0/s1. The summed E-state index contributed by atoms with van der Waals surface area (Å²) in [5.41, 5.74) is 0.532. The molecule has 2 amide bonds. The molecule has 1 saturated heterocycles. The van der Waals surface area contributed by atoms with E-state index in [-0.39, 0.29) is 23.9 Å². The number of aliphatic hydroxyl groups excluding tert-OH is 1. The molecule has 25 heavy (non-hydrogen) atoms. The number of nitrogens with zero attached hydrogens (tertiary/aromatic N) is 2. The molecule has 2 rings (SSSR count). The number of aliphatic hydroxyl groups is 1. The molecule has 0 aromatic heterocycles. The number of likely N-dealkylation sites (N-methyl/N-ethyl adjacent to an activating group) is 1. The lowest BCUT2D eigenvalue weighted by Gasteiger charge is -2.43. The molecule has 0 aliphatic carbocycles. The van der Waals surface area contributed by atoms with Crippen LogP contribution in [-0.4, -0.2) is 77.9 Å². The fourth-order valence-electron chi connectivity index (χ4n) is 2.89. The zero-order valence-corrected chi connectivity index (χ0v) is 15.3. The van der Waals surface area contributed by atoms with E-state index < -0.39 is 6.10 Å². The van der Waals surface area contributed by atoms with Crippen molar-refractivity contribution in [1.29, 1.82) is 0 Å². The van der Waals surface area contributed by atoms with E-state index in [4.69, 9.17) is 0 Å². The number of phenolic OH excluding ortho intramolecular Hbond substituents is 1. The Balaban J connectivity index is 1.73. The Bertz CT molecular complexity index is 554. The summed E-state index contributed by atoms with van der Waals surface area (Å²) in [5, 5.41) is 24.9. The Morgan fingerprint density at radius 3 is 2.36 bits per heavy atom. The van der Waals surface area contributed by atoms with Crippen molar-refractivity contribution >= 4 is 6.03 Å². The molecule has 140 valence electrons. The van der Waals surface area contributed by atoms with Crippen molar-refractivity contribution in [2.24, 2.45) is 0 Å². The van der Waals surface area contributed by atoms with E-state index in [1.165, 1.54) is 12.1 Å². The smallest absolute Gasteiger partial charge is 0.314 e. The second-order valence-corrected chi connectivity index (χ2v) is 7.27. The van der Waals surface area contributed by atoms with Gasteiger partial charge in [0.25, 0.3) is 0 Å². The molecule has 1 aliphatic rings. The van der Waals surface area contributed by atoms with Crippen LogP contribution in [0.4, 0.5) is 4.79 Å². The van der Waals surface area contributed by atoms with Crippen LogP contribution in [0.25, 0.3) is 0 Å². The third-order valence-electron chi connectivity index (χ3n) is 4.77. The number of piperazine rings is 1. The summed E-state index contributed by atoms with van der Waals surface area (Å²) in [6, 6.07) is 6.00. The predicted molar refractivity (Wildman–Crippen MR) is 97.6 cm³/mol. The molecule has 0 radical (unpaired) electrons. The zero-order valence-electron chi connectivity index (χ0n) is 15.3. The number of amides is 2. The lowest BCUT2D eigenvalue weighted by Crippen LogP contribution is -2.58. The van der Waals surface area contributed by atoms with Crippen molar-refractivity contribution in [2.75, 3.05) is 46.3 Å². The minimum absolute atomic E-state index is 0.117. The average Bonchev–Trinajstić information content (AvgIpc) is 2.59. The SMILES string of the molecule is CN1CCN(C(C)(C)CNC(=O)NC[C@H](O)c2ccc(O)cc2)CC1. The highest BCUT2D eigenvalue weighted by Crippen LogP contribution is 2.17. The summed E-state index contributed by atoms with van der Waals surface area (Å²) in [6.45, 7) is 8.97. The molecule has 0 bridgehead atoms. The second kappa shape index (κ2) is 8.51. The van der Waals surface area contributed by atoms with Gasteiger partial charge in [-0.25, -0.2) is 4.79 Å². The lowest BCUT2D eigenvalue weighted by atomic mass is 10.0. The Kier molecular flexibility index (Phi) is 6.64. The lowest BCUT2D eigenvalue weighted by molar-refractivity contribution is 0.0632. The summed E-state index contributed by atoms with van der Waals surface area (Å²) >= 11 is 0. The molecule has 0 saturated carbocycles. The Labute approximate surface area is 149 Å². The van der Waals surface area contributed by atoms with E-state index in [9.17, 15) is 15.0 Å². The fraction of sp³-hybridized carbons (Fsp3) is 0.611. The van der Waals surface area contributed by atoms with Crippen LogP contribution in [0.3, 0.4) is 0 Å². The summed E-state index contributed by atoms with van der Waals surface area (Å²) in [7, 11) is 2.12. The Morgan fingerprint density at radius 1 is 1.16 bits per heavy atom. The molecule has 4 N–H and O–H groups in total. The van der Waals surface area contributed by atoms with Crippen molar-refractivity contribution in [3.05, 3.63) is 29.8 Å². The number of aromatic hydroxyl groups is 1. The van der Waals surface area contributed by atoms with Gasteiger partial charge in [-0.05, 0) is 38.6 Å². The Morgan fingerprint density at radius 2 is 1.76 bits per heavy atom. The molecule has 0 spiro atoms. The van der Waals surface area contributed by atoms with Gasteiger partial charge in [0, 0.05) is 44.8 Å². The van der Waals surface area contributed by atoms with Gasteiger partial charge in [0.2, 0.25) is 0 Å². The molecule has 1 aliphatic heterocycles. The summed E-state index contributed by atoms with van der Waals surface area (Å²) in [6.07, 6.45) is -0.808. The zero-order chi connectivity index (χ0) is 18.4. The summed E-state index contributed by atoms with van der Waals surface area (Å²) < 4.78 is 0. The second-order valence-electron chi connectivity index (χ2n) is 7.27. The number of hydrogen-bond donors (Lipinski definition) is 4. The van der Waals surface area contributed by atoms with Crippen LogP contribution in [-0.2, 0) is 0 Å². The van der Waals surface area contributed by atoms with Gasteiger partial charge in [0.1, 0.15) is 5.75 Å². The highest BCUT2D eigenvalue weighted by atomic mass is 16.3. The summed E-state index contributed by atoms with van der Waals surface area (Å²) in [5.74, 6) is 0.146. The van der Waals surface area contributed by atoms with Gasteiger partial charge in [-0.3, -0.25) is 4.90 Å². The van der Waals surface area contributed by atoms with Gasteiger partial charge >= 0.3 is 6.03 Å². The van der Waals surface area contributed by atoms with Crippen LogP contribution in [0.5, 0.6) is 5.75 Å². The molecule has 1 aromatic carbocycles. The quantitative estimate of drug-likeness (QED) is 0.608. The third-order valence-corrected chi connectivity index (χ3v) is 4.77. The van der Waals surface area contributed by atoms with Crippen LogP contribution < -0.4 is 10.6 Å². The van der Waals surface area contributed by atoms with Crippen molar-refractivity contribution in [3.63, 3.8) is 0 Å². The first-order chi connectivity index (χ1) is 11.8.